The summed E-state index contributed by atoms with van der Waals surface area (Å²) in [6.07, 6.45) is 1.53. The van der Waals surface area contributed by atoms with Crippen LogP contribution < -0.4 is 10.9 Å². The van der Waals surface area contributed by atoms with E-state index in [-0.39, 0.29) is 10.6 Å². The first-order valence-electron chi connectivity index (χ1n) is 6.26. The molecule has 0 saturated heterocycles. The van der Waals surface area contributed by atoms with Gasteiger partial charge >= 0.3 is 0 Å². The highest BCUT2D eigenvalue weighted by atomic mass is 35.5. The van der Waals surface area contributed by atoms with Crippen molar-refractivity contribution in [1.82, 2.24) is 19.9 Å². The quantitative estimate of drug-likeness (QED) is 0.906. The van der Waals surface area contributed by atoms with Gasteiger partial charge in [-0.25, -0.2) is 4.68 Å². The molecular weight excluding hydrogens is 282 g/mol. The molecule has 0 saturated carbocycles. The largest absolute Gasteiger partial charge is 0.375 e. The molecule has 0 aliphatic heterocycles. The van der Waals surface area contributed by atoms with Crippen LogP contribution in [-0.4, -0.2) is 19.9 Å². The van der Waals surface area contributed by atoms with Gasteiger partial charge in [0.05, 0.1) is 18.4 Å². The molecule has 2 aromatic rings. The van der Waals surface area contributed by atoms with Gasteiger partial charge in [0.25, 0.3) is 5.56 Å². The van der Waals surface area contributed by atoms with Crippen LogP contribution in [0.4, 0.5) is 5.69 Å². The first kappa shape index (κ1) is 14.5. The maximum absolute atomic E-state index is 12.0. The highest BCUT2D eigenvalue weighted by Crippen LogP contribution is 2.16. The fraction of sp³-hybridized carbons (Fsp3) is 0.500. The van der Waals surface area contributed by atoms with Crippen LogP contribution in [0.15, 0.2) is 15.5 Å². The van der Waals surface area contributed by atoms with Crippen molar-refractivity contribution >= 4 is 17.3 Å². The van der Waals surface area contributed by atoms with Crippen molar-refractivity contribution in [3.05, 3.63) is 33.3 Å². The Labute approximate surface area is 120 Å². The average molecular weight is 298 g/mol. The van der Waals surface area contributed by atoms with E-state index in [0.717, 1.165) is 0 Å². The van der Waals surface area contributed by atoms with E-state index in [0.29, 0.717) is 36.4 Å². The Hall–Kier alpha value is -1.89. The molecule has 7 nitrogen and oxygen atoms in total. The zero-order chi connectivity index (χ0) is 14.7. The molecule has 2 rings (SSSR count). The fourth-order valence-corrected chi connectivity index (χ4v) is 1.86. The van der Waals surface area contributed by atoms with Gasteiger partial charge < -0.3 is 9.84 Å². The highest BCUT2D eigenvalue weighted by Gasteiger charge is 2.11. The van der Waals surface area contributed by atoms with Crippen molar-refractivity contribution < 1.29 is 4.52 Å². The number of hydrogen-bond donors (Lipinski definition) is 1. The Kier molecular flexibility index (Phi) is 4.39. The summed E-state index contributed by atoms with van der Waals surface area (Å²) in [6.45, 7) is 6.56. The summed E-state index contributed by atoms with van der Waals surface area (Å²) in [5, 5.41) is 10.9. The topological polar surface area (TPSA) is 85.8 Å². The van der Waals surface area contributed by atoms with Crippen LogP contribution in [-0.2, 0) is 13.1 Å². The second-order valence-electron chi connectivity index (χ2n) is 4.84. The number of nitrogens with one attached hydrogen (secondary N) is 1. The minimum Gasteiger partial charge on any atom is -0.375 e. The van der Waals surface area contributed by atoms with Crippen LogP contribution in [0.3, 0.4) is 0 Å². The molecule has 0 aromatic carbocycles. The van der Waals surface area contributed by atoms with Gasteiger partial charge in [-0.1, -0.05) is 30.6 Å². The summed E-state index contributed by atoms with van der Waals surface area (Å²) in [7, 11) is 0. The average Bonchev–Trinajstić information content (AvgIpc) is 2.79. The van der Waals surface area contributed by atoms with Crippen LogP contribution in [0.5, 0.6) is 0 Å². The van der Waals surface area contributed by atoms with Crippen molar-refractivity contribution in [3.63, 3.8) is 0 Å². The Morgan fingerprint density at radius 1 is 1.50 bits per heavy atom. The van der Waals surface area contributed by atoms with Gasteiger partial charge in [0.2, 0.25) is 5.89 Å². The van der Waals surface area contributed by atoms with E-state index in [9.17, 15) is 4.79 Å². The molecule has 0 fully saturated rings. The number of hydrogen-bond acceptors (Lipinski definition) is 6. The molecular formula is C12H16ClN5O2. The molecule has 0 amide bonds. The molecule has 0 aliphatic rings. The van der Waals surface area contributed by atoms with Gasteiger partial charge in [0, 0.05) is 13.5 Å². The summed E-state index contributed by atoms with van der Waals surface area (Å²) in [6, 6.07) is 0. The Morgan fingerprint density at radius 3 is 2.85 bits per heavy atom. The minimum atomic E-state index is -0.311. The number of aryl methyl sites for hydroxylation is 1. The molecule has 0 radical (unpaired) electrons. The molecule has 0 bridgehead atoms. The van der Waals surface area contributed by atoms with Gasteiger partial charge in [0.1, 0.15) is 5.02 Å². The molecule has 0 aliphatic carbocycles. The SMILES string of the molecule is Cc1nc(CNc2cnn(CC(C)C)c(=O)c2Cl)no1. The maximum atomic E-state index is 12.0. The maximum Gasteiger partial charge on any atom is 0.287 e. The van der Waals surface area contributed by atoms with E-state index in [1.54, 1.807) is 6.92 Å². The number of aromatic nitrogens is 4. The van der Waals surface area contributed by atoms with Gasteiger partial charge in [-0.2, -0.15) is 10.1 Å². The first-order chi connectivity index (χ1) is 9.47. The zero-order valence-corrected chi connectivity index (χ0v) is 12.3. The molecule has 2 aromatic heterocycles. The third-order valence-electron chi connectivity index (χ3n) is 2.53. The van der Waals surface area contributed by atoms with Gasteiger partial charge in [-0.05, 0) is 5.92 Å². The van der Waals surface area contributed by atoms with Crippen LogP contribution in [0.1, 0.15) is 25.6 Å². The van der Waals surface area contributed by atoms with Crippen LogP contribution in [0.2, 0.25) is 5.02 Å². The molecule has 8 heteroatoms. The zero-order valence-electron chi connectivity index (χ0n) is 11.6. The van der Waals surface area contributed by atoms with Gasteiger partial charge in [0.15, 0.2) is 5.82 Å². The molecule has 1 N–H and O–H groups in total. The lowest BCUT2D eigenvalue weighted by atomic mass is 10.2. The molecule has 108 valence electrons. The van der Waals surface area contributed by atoms with Crippen molar-refractivity contribution in [3.8, 4) is 0 Å². The van der Waals surface area contributed by atoms with Crippen molar-refractivity contribution in [1.29, 1.82) is 0 Å². The second kappa shape index (κ2) is 6.04. The summed E-state index contributed by atoms with van der Waals surface area (Å²) < 4.78 is 6.21. The standard InChI is InChI=1S/C12H16ClN5O2/c1-7(2)6-18-12(19)11(13)9(4-15-18)14-5-10-16-8(3)20-17-10/h4,7,14H,5-6H2,1-3H3. The second-order valence-corrected chi connectivity index (χ2v) is 5.21. The summed E-state index contributed by atoms with van der Waals surface area (Å²) >= 11 is 6.05. The summed E-state index contributed by atoms with van der Waals surface area (Å²) in [5.41, 5.74) is 0.147. The molecule has 0 unspecified atom stereocenters. The van der Waals surface area contributed by atoms with E-state index in [1.807, 2.05) is 13.8 Å². The third-order valence-corrected chi connectivity index (χ3v) is 2.89. The van der Waals surface area contributed by atoms with E-state index in [4.69, 9.17) is 16.1 Å². The van der Waals surface area contributed by atoms with Crippen LogP contribution in [0.25, 0.3) is 0 Å². The molecule has 0 spiro atoms. The lowest BCUT2D eigenvalue weighted by Crippen LogP contribution is -2.26. The Balaban J connectivity index is 2.13. The van der Waals surface area contributed by atoms with Gasteiger partial charge in [-0.3, -0.25) is 4.79 Å². The Bertz CT molecular complexity index is 650. The van der Waals surface area contributed by atoms with Crippen LogP contribution in [0, 0.1) is 12.8 Å². The fourth-order valence-electron chi connectivity index (χ4n) is 1.65. The van der Waals surface area contributed by atoms with Crippen molar-refractivity contribution in [2.45, 2.75) is 33.9 Å². The number of nitrogens with zero attached hydrogens (tertiary/aromatic N) is 4. The van der Waals surface area contributed by atoms with E-state index in [2.05, 4.69) is 20.6 Å². The number of anilines is 1. The van der Waals surface area contributed by atoms with E-state index >= 15 is 0 Å². The lowest BCUT2D eigenvalue weighted by molar-refractivity contribution is 0.388. The summed E-state index contributed by atoms with van der Waals surface area (Å²) in [4.78, 5) is 16.1. The van der Waals surface area contributed by atoms with E-state index in [1.165, 1.54) is 10.9 Å². The van der Waals surface area contributed by atoms with Crippen LogP contribution >= 0.6 is 11.6 Å². The normalized spacial score (nSPS) is 11.1. The summed E-state index contributed by atoms with van der Waals surface area (Å²) in [5.74, 6) is 1.29. The monoisotopic (exact) mass is 297 g/mol. The lowest BCUT2D eigenvalue weighted by Gasteiger charge is -2.10. The first-order valence-corrected chi connectivity index (χ1v) is 6.64. The molecule has 20 heavy (non-hydrogen) atoms. The van der Waals surface area contributed by atoms with E-state index < -0.39 is 0 Å². The Morgan fingerprint density at radius 2 is 2.25 bits per heavy atom. The number of rotatable bonds is 5. The molecule has 2 heterocycles. The van der Waals surface area contributed by atoms with Crippen molar-refractivity contribution in [2.75, 3.05) is 5.32 Å². The minimum absolute atomic E-state index is 0.112. The molecule has 0 atom stereocenters. The third kappa shape index (κ3) is 3.36. The predicted molar refractivity (Wildman–Crippen MR) is 74.7 cm³/mol. The number of halogens is 1. The predicted octanol–water partition coefficient (Wildman–Crippen LogP) is 1.86. The van der Waals surface area contributed by atoms with Crippen molar-refractivity contribution in [2.24, 2.45) is 5.92 Å². The van der Waals surface area contributed by atoms with Gasteiger partial charge in [-0.15, -0.1) is 0 Å². The highest BCUT2D eigenvalue weighted by molar-refractivity contribution is 6.32. The smallest absolute Gasteiger partial charge is 0.287 e.